The van der Waals surface area contributed by atoms with E-state index in [0.717, 1.165) is 41.8 Å². The van der Waals surface area contributed by atoms with Crippen molar-refractivity contribution in [2.75, 3.05) is 51.1 Å². The number of nitrogens with zero attached hydrogens (tertiary/aromatic N) is 2. The maximum absolute atomic E-state index is 13.7. The first-order chi connectivity index (χ1) is 24.5. The molecule has 0 spiro atoms. The van der Waals surface area contributed by atoms with Gasteiger partial charge in [-0.1, -0.05) is 18.2 Å². The van der Waals surface area contributed by atoms with E-state index in [9.17, 15) is 33.8 Å². The minimum atomic E-state index is -1.13. The van der Waals surface area contributed by atoms with Crippen LogP contribution in [0, 0.1) is 5.82 Å². The highest BCUT2D eigenvalue weighted by Gasteiger charge is 2.49. The molecule has 5 rings (SSSR count). The maximum Gasteiger partial charge on any atom is 0.326 e. The van der Waals surface area contributed by atoms with Gasteiger partial charge in [-0.25, -0.2) is 9.18 Å². The second-order valence-electron chi connectivity index (χ2n) is 12.8. The quantitative estimate of drug-likeness (QED) is 0.113. The van der Waals surface area contributed by atoms with E-state index in [1.54, 1.807) is 41.3 Å². The van der Waals surface area contributed by atoms with Crippen LogP contribution in [0.5, 0.6) is 11.5 Å². The van der Waals surface area contributed by atoms with Gasteiger partial charge in [0.05, 0.1) is 25.3 Å². The van der Waals surface area contributed by atoms with Crippen molar-refractivity contribution in [3.8, 4) is 11.5 Å². The van der Waals surface area contributed by atoms with E-state index < -0.39 is 53.6 Å². The normalized spacial score (nSPS) is 17.6. The highest BCUT2D eigenvalue weighted by molar-refractivity contribution is 8.00. The summed E-state index contributed by atoms with van der Waals surface area (Å²) in [4.78, 5) is 53.3. The van der Waals surface area contributed by atoms with Crippen LogP contribution in [-0.4, -0.2) is 96.2 Å². The number of hydrogen-bond donors (Lipinski definition) is 4. The molecule has 272 valence electrons. The zero-order valence-electron chi connectivity index (χ0n) is 28.5. The van der Waals surface area contributed by atoms with Crippen LogP contribution in [0.1, 0.15) is 48.1 Å². The molecule has 0 saturated carbocycles. The van der Waals surface area contributed by atoms with Gasteiger partial charge in [-0.2, -0.15) is 0 Å². The van der Waals surface area contributed by atoms with Gasteiger partial charge >= 0.3 is 5.97 Å². The van der Waals surface area contributed by atoms with Crippen molar-refractivity contribution < 1.29 is 43.3 Å². The molecule has 0 aliphatic carbocycles. The molecule has 2 aliphatic rings. The molecule has 4 N–H and O–H groups in total. The number of aliphatic hydroxyl groups excluding tert-OH is 1. The summed E-state index contributed by atoms with van der Waals surface area (Å²) in [6.07, 6.45) is 1.70. The SMILES string of the molecule is CN(C)CCCC[C@H](NC(=O)CNC(=O)COc1ccc([C@@H]2[C@@H](SC[C@H](O)c3ccc4c(c3)CCO4)C(=O)N2c2ccc(F)cc2)cc1)C(=O)O. The van der Waals surface area contributed by atoms with Crippen LogP contribution in [-0.2, 0) is 25.6 Å². The Balaban J connectivity index is 1.15. The monoisotopic (exact) mass is 722 g/mol. The number of aliphatic carboxylic acids is 1. The summed E-state index contributed by atoms with van der Waals surface area (Å²) >= 11 is 1.35. The van der Waals surface area contributed by atoms with Gasteiger partial charge in [0.2, 0.25) is 11.8 Å². The molecule has 2 aliphatic heterocycles. The van der Waals surface area contributed by atoms with E-state index in [1.807, 2.05) is 37.2 Å². The number of carboxylic acid groups (broad SMARTS) is 1. The number of fused-ring (bicyclic) bond motifs is 1. The minimum Gasteiger partial charge on any atom is -0.493 e. The van der Waals surface area contributed by atoms with Crippen LogP contribution in [0.4, 0.5) is 10.1 Å². The first-order valence-corrected chi connectivity index (χ1v) is 17.9. The van der Waals surface area contributed by atoms with Gasteiger partial charge in [0.25, 0.3) is 5.91 Å². The molecule has 0 aromatic heterocycles. The molecule has 2 heterocycles. The zero-order chi connectivity index (χ0) is 36.5. The number of carbonyl (C=O) groups is 4. The summed E-state index contributed by atoms with van der Waals surface area (Å²) in [7, 11) is 3.86. The van der Waals surface area contributed by atoms with E-state index in [2.05, 4.69) is 10.6 Å². The van der Waals surface area contributed by atoms with Gasteiger partial charge in [0.1, 0.15) is 28.6 Å². The van der Waals surface area contributed by atoms with E-state index in [4.69, 9.17) is 9.47 Å². The molecule has 0 unspecified atom stereocenters. The fourth-order valence-corrected chi connectivity index (χ4v) is 7.26. The van der Waals surface area contributed by atoms with Crippen molar-refractivity contribution in [3.63, 3.8) is 0 Å². The molecule has 51 heavy (non-hydrogen) atoms. The molecule has 1 fully saturated rings. The number of unbranched alkanes of at least 4 members (excludes halogenated alkanes) is 1. The second-order valence-corrected chi connectivity index (χ2v) is 13.9. The molecular weight excluding hydrogens is 679 g/mol. The molecule has 1 saturated heterocycles. The smallest absolute Gasteiger partial charge is 0.326 e. The molecule has 0 bridgehead atoms. The van der Waals surface area contributed by atoms with Crippen LogP contribution in [0.25, 0.3) is 0 Å². The lowest BCUT2D eigenvalue weighted by molar-refractivity contribution is -0.142. The van der Waals surface area contributed by atoms with E-state index in [0.29, 0.717) is 24.5 Å². The first kappa shape index (κ1) is 37.6. The number of thioether (sulfide) groups is 1. The van der Waals surface area contributed by atoms with Gasteiger partial charge < -0.3 is 40.1 Å². The summed E-state index contributed by atoms with van der Waals surface area (Å²) < 4.78 is 24.9. The van der Waals surface area contributed by atoms with E-state index in [-0.39, 0.29) is 24.7 Å². The van der Waals surface area contributed by atoms with Crippen LogP contribution < -0.4 is 25.0 Å². The molecule has 3 aromatic rings. The number of aliphatic hydroxyl groups is 1. The molecule has 14 heteroatoms. The summed E-state index contributed by atoms with van der Waals surface area (Å²) in [5.74, 6) is -1.41. The number of anilines is 1. The first-order valence-electron chi connectivity index (χ1n) is 16.8. The Morgan fingerprint density at radius 3 is 2.51 bits per heavy atom. The van der Waals surface area contributed by atoms with Crippen LogP contribution in [0.15, 0.2) is 66.7 Å². The summed E-state index contributed by atoms with van der Waals surface area (Å²) in [6, 6.07) is 16.8. The van der Waals surface area contributed by atoms with Crippen LogP contribution in [0.2, 0.25) is 0 Å². The number of hydrogen-bond acceptors (Lipinski definition) is 9. The number of carboxylic acids is 1. The van der Waals surface area contributed by atoms with Crippen molar-refractivity contribution in [2.24, 2.45) is 0 Å². The van der Waals surface area contributed by atoms with E-state index >= 15 is 0 Å². The molecule has 4 atom stereocenters. The van der Waals surface area contributed by atoms with E-state index in [1.165, 1.54) is 23.9 Å². The molecule has 3 aromatic carbocycles. The van der Waals surface area contributed by atoms with Gasteiger partial charge in [0.15, 0.2) is 6.61 Å². The number of nitrogens with one attached hydrogen (secondary N) is 2. The lowest BCUT2D eigenvalue weighted by atomic mass is 9.92. The fourth-order valence-electron chi connectivity index (χ4n) is 5.96. The minimum absolute atomic E-state index is 0.161. The van der Waals surface area contributed by atoms with Gasteiger partial charge in [-0.3, -0.25) is 14.4 Å². The lowest BCUT2D eigenvalue weighted by Gasteiger charge is -2.47. The van der Waals surface area contributed by atoms with Gasteiger partial charge in [-0.05, 0) is 105 Å². The fraction of sp³-hybridized carbons (Fsp3) is 0.405. The Morgan fingerprint density at radius 1 is 1.06 bits per heavy atom. The summed E-state index contributed by atoms with van der Waals surface area (Å²) in [5.41, 5.74) is 3.13. The Bertz CT molecular complexity index is 1690. The molecular formula is C37H43FN4O8S. The molecule has 3 amide bonds. The van der Waals surface area contributed by atoms with Gasteiger partial charge in [0, 0.05) is 17.9 Å². The number of carbonyl (C=O) groups excluding carboxylic acids is 3. The highest BCUT2D eigenvalue weighted by atomic mass is 32.2. The number of ether oxygens (including phenoxy) is 2. The summed E-state index contributed by atoms with van der Waals surface area (Å²) in [5, 5.41) is 24.8. The Labute approximate surface area is 300 Å². The molecule has 12 nitrogen and oxygen atoms in total. The third kappa shape index (κ3) is 9.99. The van der Waals surface area contributed by atoms with Crippen molar-refractivity contribution in [2.45, 2.75) is 49.1 Å². The number of rotatable bonds is 18. The standard InChI is InChI=1S/C37H43FN4O8S/c1-41(2)17-4-3-5-29(37(47)48)40-32(44)20-39-33(45)21-50-28-13-6-23(7-14-28)34-35(36(46)42(34)27-11-9-26(38)10-12-27)51-22-30(43)24-8-15-31-25(19-24)16-18-49-31/h6-15,19,29-30,34-35,43H,3-5,16-18,20-22H2,1-2H3,(H,39,45)(H,40,44)(H,47,48)/t29-,30-,34+,35+/m0/s1. The zero-order valence-corrected chi connectivity index (χ0v) is 29.4. The maximum atomic E-state index is 13.7. The van der Waals surface area contributed by atoms with Crippen molar-refractivity contribution in [1.29, 1.82) is 0 Å². The number of amides is 3. The second kappa shape index (κ2) is 17.5. The van der Waals surface area contributed by atoms with Gasteiger partial charge in [-0.15, -0.1) is 11.8 Å². The largest absolute Gasteiger partial charge is 0.493 e. The third-order valence-corrected chi connectivity index (χ3v) is 10.0. The predicted octanol–water partition coefficient (Wildman–Crippen LogP) is 3.48. The molecule has 0 radical (unpaired) electrons. The number of benzene rings is 3. The van der Waals surface area contributed by atoms with Crippen molar-refractivity contribution >= 4 is 41.1 Å². The third-order valence-electron chi connectivity index (χ3n) is 8.70. The number of halogens is 1. The Hall–Kier alpha value is -4.66. The lowest BCUT2D eigenvalue weighted by Crippen LogP contribution is -2.57. The summed E-state index contributed by atoms with van der Waals surface area (Å²) in [6.45, 7) is 0.650. The Kier molecular flexibility index (Phi) is 12.9. The van der Waals surface area contributed by atoms with Crippen molar-refractivity contribution in [3.05, 3.63) is 89.2 Å². The van der Waals surface area contributed by atoms with Crippen LogP contribution in [0.3, 0.4) is 0 Å². The van der Waals surface area contributed by atoms with Crippen molar-refractivity contribution in [1.82, 2.24) is 15.5 Å². The topological polar surface area (TPSA) is 158 Å². The Morgan fingerprint density at radius 2 is 1.80 bits per heavy atom. The average Bonchev–Trinajstić information content (AvgIpc) is 3.59. The highest BCUT2D eigenvalue weighted by Crippen LogP contribution is 2.46. The van der Waals surface area contributed by atoms with Crippen LogP contribution >= 0.6 is 11.8 Å². The number of β-lactam (4-membered cyclic amide) rings is 1. The average molecular weight is 723 g/mol. The predicted molar refractivity (Wildman–Crippen MR) is 190 cm³/mol.